The molecular formula is C29H29F2N7O3. The molecule has 4 heterocycles. The van der Waals surface area contributed by atoms with E-state index in [-0.39, 0.29) is 18.7 Å². The van der Waals surface area contributed by atoms with Crippen LogP contribution in [-0.4, -0.2) is 68.9 Å². The number of fused-ring (bicyclic) bond motifs is 1. The van der Waals surface area contributed by atoms with Gasteiger partial charge in [-0.15, -0.1) is 0 Å². The van der Waals surface area contributed by atoms with Crippen LogP contribution in [0.4, 0.5) is 14.6 Å². The lowest BCUT2D eigenvalue weighted by Gasteiger charge is -2.41. The van der Waals surface area contributed by atoms with Crippen molar-refractivity contribution < 1.29 is 18.3 Å². The number of halogens is 2. The number of carbonyl (C=O) groups excluding carboxylic acids is 1. The van der Waals surface area contributed by atoms with Crippen molar-refractivity contribution in [3.8, 4) is 0 Å². The third-order valence-electron chi connectivity index (χ3n) is 7.55. The molecule has 2 aliphatic rings. The predicted molar refractivity (Wildman–Crippen MR) is 147 cm³/mol. The number of ether oxygens (including phenoxy) is 1. The average Bonchev–Trinajstić information content (AvgIpc) is 2.95. The first-order chi connectivity index (χ1) is 19.9. The highest BCUT2D eigenvalue weighted by Crippen LogP contribution is 2.21. The van der Waals surface area contributed by atoms with E-state index in [1.807, 2.05) is 18.2 Å². The Labute approximate surface area is 234 Å². The Morgan fingerprint density at radius 1 is 1.00 bits per heavy atom. The lowest BCUT2D eigenvalue weighted by Crippen LogP contribution is -2.53. The number of piperidine rings is 1. The fourth-order valence-electron chi connectivity index (χ4n) is 5.11. The summed E-state index contributed by atoms with van der Waals surface area (Å²) in [7, 11) is 0. The molecule has 41 heavy (non-hydrogen) atoms. The van der Waals surface area contributed by atoms with Gasteiger partial charge in [0.2, 0.25) is 0 Å². The molecular weight excluding hydrogens is 532 g/mol. The molecule has 2 aromatic carbocycles. The summed E-state index contributed by atoms with van der Waals surface area (Å²) < 4.78 is 33.1. The van der Waals surface area contributed by atoms with E-state index >= 15 is 0 Å². The highest BCUT2D eigenvalue weighted by molar-refractivity contribution is 5.93. The SMILES string of the molecule is O=C(NCc1ccc2ncc(NC3CCN(C4COC4)CC3)nc2c1)c1ccnn(Cc2ccc(F)c(F)c2)c1=O. The predicted octanol–water partition coefficient (Wildman–Crippen LogP) is 2.72. The third kappa shape index (κ3) is 6.08. The molecule has 0 unspecified atom stereocenters. The molecule has 2 N–H and O–H groups in total. The molecule has 6 rings (SSSR count). The molecule has 0 atom stereocenters. The number of anilines is 1. The van der Waals surface area contributed by atoms with Crippen molar-refractivity contribution in [2.24, 2.45) is 0 Å². The van der Waals surface area contributed by atoms with E-state index in [9.17, 15) is 18.4 Å². The topological polar surface area (TPSA) is 114 Å². The highest BCUT2D eigenvalue weighted by Gasteiger charge is 2.29. The van der Waals surface area contributed by atoms with Crippen LogP contribution in [0, 0.1) is 11.6 Å². The van der Waals surface area contributed by atoms with Gasteiger partial charge in [0, 0.05) is 31.9 Å². The summed E-state index contributed by atoms with van der Waals surface area (Å²) in [6, 6.07) is 11.1. The summed E-state index contributed by atoms with van der Waals surface area (Å²) in [5.74, 6) is -1.86. The van der Waals surface area contributed by atoms with Crippen LogP contribution in [0.15, 0.2) is 59.7 Å². The fraction of sp³-hybridized carbons (Fsp3) is 0.345. The van der Waals surface area contributed by atoms with Gasteiger partial charge >= 0.3 is 0 Å². The van der Waals surface area contributed by atoms with Crippen molar-refractivity contribution in [3.63, 3.8) is 0 Å². The number of nitrogens with one attached hydrogen (secondary N) is 2. The normalized spacial score (nSPS) is 16.4. The summed E-state index contributed by atoms with van der Waals surface area (Å²) >= 11 is 0. The van der Waals surface area contributed by atoms with Crippen molar-refractivity contribution in [2.45, 2.75) is 38.0 Å². The molecule has 0 bridgehead atoms. The Balaban J connectivity index is 1.08. The second-order valence-corrected chi connectivity index (χ2v) is 10.4. The van der Waals surface area contributed by atoms with Crippen LogP contribution in [0.2, 0.25) is 0 Å². The van der Waals surface area contributed by atoms with Gasteiger partial charge in [0.15, 0.2) is 11.6 Å². The van der Waals surface area contributed by atoms with Crippen LogP contribution in [0.5, 0.6) is 0 Å². The zero-order valence-corrected chi connectivity index (χ0v) is 22.2. The van der Waals surface area contributed by atoms with Gasteiger partial charge in [-0.3, -0.25) is 19.5 Å². The minimum Gasteiger partial charge on any atom is -0.378 e. The number of nitrogens with zero attached hydrogens (tertiary/aromatic N) is 5. The zero-order chi connectivity index (χ0) is 28.3. The number of likely N-dealkylation sites (tertiary alicyclic amines) is 1. The molecule has 10 nitrogen and oxygen atoms in total. The minimum absolute atomic E-state index is 0.106. The number of aromatic nitrogens is 4. The first-order valence-electron chi connectivity index (χ1n) is 13.6. The van der Waals surface area contributed by atoms with Gasteiger partial charge in [-0.05, 0) is 54.3 Å². The molecule has 212 valence electrons. The summed E-state index contributed by atoms with van der Waals surface area (Å²) in [6.07, 6.45) is 5.12. The number of benzene rings is 2. The average molecular weight is 562 g/mol. The van der Waals surface area contributed by atoms with Crippen molar-refractivity contribution in [3.05, 3.63) is 93.5 Å². The van der Waals surface area contributed by atoms with Crippen molar-refractivity contribution in [2.75, 3.05) is 31.6 Å². The lowest BCUT2D eigenvalue weighted by molar-refractivity contribution is -0.0705. The number of carbonyl (C=O) groups is 1. The van der Waals surface area contributed by atoms with Crippen LogP contribution in [0.3, 0.4) is 0 Å². The largest absolute Gasteiger partial charge is 0.378 e. The number of rotatable bonds is 8. The van der Waals surface area contributed by atoms with E-state index in [0.29, 0.717) is 29.0 Å². The van der Waals surface area contributed by atoms with Crippen LogP contribution < -0.4 is 16.2 Å². The number of hydrogen-bond donors (Lipinski definition) is 2. The van der Waals surface area contributed by atoms with Gasteiger partial charge in [0.05, 0.1) is 43.0 Å². The maximum Gasteiger partial charge on any atom is 0.279 e. The second-order valence-electron chi connectivity index (χ2n) is 10.4. The first-order valence-corrected chi connectivity index (χ1v) is 13.6. The van der Waals surface area contributed by atoms with Gasteiger partial charge < -0.3 is 15.4 Å². The highest BCUT2D eigenvalue weighted by atomic mass is 19.2. The molecule has 4 aromatic rings. The quantitative estimate of drug-likeness (QED) is 0.338. The Morgan fingerprint density at radius 2 is 1.80 bits per heavy atom. The third-order valence-corrected chi connectivity index (χ3v) is 7.55. The second kappa shape index (κ2) is 11.7. The molecule has 0 saturated carbocycles. The van der Waals surface area contributed by atoms with E-state index in [1.54, 1.807) is 6.20 Å². The standard InChI is InChI=1S/C29H29F2N7O3/c30-23-3-1-19(11-24(23)31)15-38-29(40)22(5-8-34-38)28(39)33-13-18-2-4-25-26(12-18)36-27(14-32-25)35-20-6-9-37(10-7-20)21-16-41-17-21/h1-5,8,11-12,14,20-21H,6-7,9-10,13,15-17H2,(H,33,39)(H,35,36). The van der Waals surface area contributed by atoms with Crippen LogP contribution in [0.25, 0.3) is 11.0 Å². The fourth-order valence-corrected chi connectivity index (χ4v) is 5.11. The number of amides is 1. The van der Waals surface area contributed by atoms with Crippen molar-refractivity contribution in [1.29, 1.82) is 0 Å². The van der Waals surface area contributed by atoms with Crippen LogP contribution >= 0.6 is 0 Å². The van der Waals surface area contributed by atoms with Gasteiger partial charge in [-0.2, -0.15) is 5.10 Å². The van der Waals surface area contributed by atoms with E-state index in [0.717, 1.165) is 67.0 Å². The molecule has 0 aliphatic carbocycles. The summed E-state index contributed by atoms with van der Waals surface area (Å²) in [6.45, 7) is 3.79. The van der Waals surface area contributed by atoms with Gasteiger partial charge in [0.1, 0.15) is 11.4 Å². The Morgan fingerprint density at radius 3 is 2.56 bits per heavy atom. The zero-order valence-electron chi connectivity index (χ0n) is 22.2. The van der Waals surface area contributed by atoms with Crippen LogP contribution in [0.1, 0.15) is 34.3 Å². The summed E-state index contributed by atoms with van der Waals surface area (Å²) in [5.41, 5.74) is 1.83. The van der Waals surface area contributed by atoms with E-state index in [1.165, 1.54) is 18.3 Å². The molecule has 2 aliphatic heterocycles. The molecule has 2 fully saturated rings. The number of hydrogen-bond acceptors (Lipinski definition) is 8. The molecule has 2 aromatic heterocycles. The van der Waals surface area contributed by atoms with Crippen molar-refractivity contribution in [1.82, 2.24) is 30.0 Å². The first kappa shape index (κ1) is 26.9. The maximum absolute atomic E-state index is 13.6. The smallest absolute Gasteiger partial charge is 0.279 e. The molecule has 12 heteroatoms. The maximum atomic E-state index is 13.6. The van der Waals surface area contributed by atoms with Gasteiger partial charge in [-0.25, -0.2) is 18.4 Å². The molecule has 1 amide bonds. The van der Waals surface area contributed by atoms with Gasteiger partial charge in [-0.1, -0.05) is 12.1 Å². The Bertz CT molecular complexity index is 1630. The minimum atomic E-state index is -1.02. The van der Waals surface area contributed by atoms with Crippen LogP contribution in [-0.2, 0) is 17.8 Å². The molecule has 0 radical (unpaired) electrons. The summed E-state index contributed by atoms with van der Waals surface area (Å²) in [5, 5.41) is 10.2. The van der Waals surface area contributed by atoms with Crippen molar-refractivity contribution >= 4 is 22.8 Å². The summed E-state index contributed by atoms with van der Waals surface area (Å²) in [4.78, 5) is 37.5. The van der Waals surface area contributed by atoms with E-state index in [2.05, 4.69) is 25.6 Å². The monoisotopic (exact) mass is 561 g/mol. The lowest BCUT2D eigenvalue weighted by atomic mass is 10.0. The Hall–Kier alpha value is -4.29. The molecule has 0 spiro atoms. The van der Waals surface area contributed by atoms with E-state index < -0.39 is 23.1 Å². The molecule has 2 saturated heterocycles. The van der Waals surface area contributed by atoms with Gasteiger partial charge in [0.25, 0.3) is 11.5 Å². The Kier molecular flexibility index (Phi) is 7.66. The van der Waals surface area contributed by atoms with E-state index in [4.69, 9.17) is 9.72 Å².